The number of benzene rings is 1. The topological polar surface area (TPSA) is 91.2 Å². The van der Waals surface area contributed by atoms with E-state index in [9.17, 15) is 13.6 Å². The highest BCUT2D eigenvalue weighted by Gasteiger charge is 2.45. The van der Waals surface area contributed by atoms with E-state index in [4.69, 9.17) is 9.47 Å². The quantitative estimate of drug-likeness (QED) is 0.474. The smallest absolute Gasteiger partial charge is 0.248 e. The van der Waals surface area contributed by atoms with Crippen molar-refractivity contribution in [2.75, 3.05) is 19.0 Å². The lowest BCUT2D eigenvalue weighted by Gasteiger charge is -2.34. The monoisotopic (exact) mass is 457 g/mol. The Kier molecular flexibility index (Phi) is 6.37. The van der Waals surface area contributed by atoms with Crippen LogP contribution in [-0.2, 0) is 11.3 Å². The normalized spacial score (nSPS) is 15.2. The molecule has 0 aliphatic heterocycles. The maximum absolute atomic E-state index is 13.0. The van der Waals surface area contributed by atoms with Crippen LogP contribution in [0.4, 0.5) is 20.4 Å². The van der Waals surface area contributed by atoms with Gasteiger partial charge in [0.2, 0.25) is 11.9 Å². The van der Waals surface area contributed by atoms with Gasteiger partial charge >= 0.3 is 0 Å². The molecule has 1 aliphatic carbocycles. The van der Waals surface area contributed by atoms with E-state index in [1.165, 1.54) is 6.92 Å². The summed E-state index contributed by atoms with van der Waals surface area (Å²) in [6.07, 6.45) is 3.29. The molecule has 8 nitrogen and oxygen atoms in total. The second-order valence-electron chi connectivity index (χ2n) is 8.20. The molecule has 0 saturated heterocycles. The number of imidazole rings is 1. The number of nitrogens with one attached hydrogen (secondary N) is 1. The predicted octanol–water partition coefficient (Wildman–Crippen LogP) is 4.49. The summed E-state index contributed by atoms with van der Waals surface area (Å²) in [4.78, 5) is 24.9. The lowest BCUT2D eigenvalue weighted by Crippen LogP contribution is -2.37. The van der Waals surface area contributed by atoms with Crippen LogP contribution in [0.15, 0.2) is 36.8 Å². The van der Waals surface area contributed by atoms with Crippen LogP contribution in [0, 0.1) is 12.8 Å². The predicted molar refractivity (Wildman–Crippen MR) is 117 cm³/mol. The van der Waals surface area contributed by atoms with Gasteiger partial charge in [0.05, 0.1) is 43.7 Å². The Morgan fingerprint density at radius 3 is 2.70 bits per heavy atom. The van der Waals surface area contributed by atoms with Gasteiger partial charge in [-0.2, -0.15) is 0 Å². The maximum Gasteiger partial charge on any atom is 0.248 e. The van der Waals surface area contributed by atoms with Crippen LogP contribution in [-0.4, -0.2) is 44.9 Å². The minimum absolute atomic E-state index is 0.0990. The number of hydrogen-bond acceptors (Lipinski definition) is 7. The highest BCUT2D eigenvalue weighted by atomic mass is 19.3. The van der Waals surface area contributed by atoms with Gasteiger partial charge in [-0.1, -0.05) is 0 Å². The van der Waals surface area contributed by atoms with Crippen LogP contribution in [0.2, 0.25) is 0 Å². The maximum atomic E-state index is 13.0. The Balaban J connectivity index is 1.49. The standard InChI is InChI=1S/C23H25F2N5O3/c1-14-10-30(13-26-14)20-5-4-17(7-21(20)32-3)27-22-28-18(6-19(29-22)15(2)31)12-33-11-16-8-23(24,25)9-16/h4-7,10,13,16H,8-9,11-12H2,1-3H3,(H,27,28,29). The number of halogens is 2. The fraction of sp³-hybridized carbons (Fsp3) is 0.391. The van der Waals surface area contributed by atoms with Crippen molar-refractivity contribution >= 4 is 17.4 Å². The van der Waals surface area contributed by atoms with Gasteiger partial charge in [0.15, 0.2) is 5.78 Å². The third-order valence-corrected chi connectivity index (χ3v) is 5.34. The van der Waals surface area contributed by atoms with E-state index in [1.807, 2.05) is 29.8 Å². The third kappa shape index (κ3) is 5.51. The number of ketones is 1. The second-order valence-corrected chi connectivity index (χ2v) is 8.20. The number of carbonyl (C=O) groups excluding carboxylic acids is 1. The van der Waals surface area contributed by atoms with Gasteiger partial charge in [-0.25, -0.2) is 23.7 Å². The first-order valence-electron chi connectivity index (χ1n) is 10.5. The van der Waals surface area contributed by atoms with Crippen molar-refractivity contribution in [2.45, 2.75) is 39.2 Å². The first-order chi connectivity index (χ1) is 15.7. The van der Waals surface area contributed by atoms with Gasteiger partial charge in [-0.05, 0) is 31.0 Å². The summed E-state index contributed by atoms with van der Waals surface area (Å²) in [7, 11) is 1.58. The molecule has 1 aromatic carbocycles. The molecule has 2 heterocycles. The number of carbonyl (C=O) groups is 1. The van der Waals surface area contributed by atoms with E-state index < -0.39 is 5.92 Å². The number of methoxy groups -OCH3 is 1. The largest absolute Gasteiger partial charge is 0.494 e. The zero-order valence-corrected chi connectivity index (χ0v) is 18.6. The summed E-state index contributed by atoms with van der Waals surface area (Å²) in [6, 6.07) is 7.05. The summed E-state index contributed by atoms with van der Waals surface area (Å²) in [5.41, 5.74) is 3.09. The van der Waals surface area contributed by atoms with Gasteiger partial charge in [0, 0.05) is 37.7 Å². The van der Waals surface area contributed by atoms with E-state index >= 15 is 0 Å². The minimum atomic E-state index is -2.57. The van der Waals surface area contributed by atoms with Gasteiger partial charge < -0.3 is 19.4 Å². The van der Waals surface area contributed by atoms with E-state index in [2.05, 4.69) is 20.3 Å². The van der Waals surface area contributed by atoms with Crippen molar-refractivity contribution in [2.24, 2.45) is 5.92 Å². The zero-order chi connectivity index (χ0) is 23.6. The van der Waals surface area contributed by atoms with E-state index in [-0.39, 0.29) is 49.4 Å². The lowest BCUT2D eigenvalue weighted by atomic mass is 9.82. The molecule has 174 valence electrons. The Labute approximate surface area is 190 Å². The Morgan fingerprint density at radius 1 is 1.27 bits per heavy atom. The van der Waals surface area contributed by atoms with Crippen LogP contribution in [0.25, 0.3) is 5.69 Å². The summed E-state index contributed by atoms with van der Waals surface area (Å²) >= 11 is 0. The molecule has 33 heavy (non-hydrogen) atoms. The summed E-state index contributed by atoms with van der Waals surface area (Å²) in [6.45, 7) is 3.64. The number of nitrogens with zero attached hydrogens (tertiary/aromatic N) is 4. The molecular weight excluding hydrogens is 432 g/mol. The van der Waals surface area contributed by atoms with Gasteiger partial charge in [0.1, 0.15) is 11.4 Å². The summed E-state index contributed by atoms with van der Waals surface area (Å²) < 4.78 is 38.9. The molecule has 0 spiro atoms. The second kappa shape index (κ2) is 9.22. The Bertz CT molecular complexity index is 1160. The number of aryl methyl sites for hydroxylation is 1. The van der Waals surface area contributed by atoms with Crippen molar-refractivity contribution in [1.82, 2.24) is 19.5 Å². The van der Waals surface area contributed by atoms with Crippen molar-refractivity contribution in [3.63, 3.8) is 0 Å². The van der Waals surface area contributed by atoms with Gasteiger partial charge in [-0.3, -0.25) is 4.79 Å². The molecule has 3 aromatic rings. The first-order valence-corrected chi connectivity index (χ1v) is 10.5. The molecule has 0 amide bonds. The molecule has 1 aliphatic rings. The molecule has 0 bridgehead atoms. The van der Waals surface area contributed by atoms with Crippen LogP contribution < -0.4 is 10.1 Å². The van der Waals surface area contributed by atoms with Crippen LogP contribution in [0.1, 0.15) is 41.6 Å². The molecule has 4 rings (SSSR count). The van der Waals surface area contributed by atoms with Crippen molar-refractivity contribution in [1.29, 1.82) is 0 Å². The number of alkyl halides is 2. The highest BCUT2D eigenvalue weighted by Crippen LogP contribution is 2.42. The highest BCUT2D eigenvalue weighted by molar-refractivity contribution is 5.92. The van der Waals surface area contributed by atoms with E-state index in [0.29, 0.717) is 17.1 Å². The molecular formula is C23H25F2N5O3. The number of aromatic nitrogens is 4. The minimum Gasteiger partial charge on any atom is -0.494 e. The van der Waals surface area contributed by atoms with Crippen LogP contribution in [0.3, 0.4) is 0 Å². The molecule has 0 radical (unpaired) electrons. The molecule has 1 N–H and O–H groups in total. The van der Waals surface area contributed by atoms with Crippen molar-refractivity contribution in [3.8, 4) is 11.4 Å². The zero-order valence-electron chi connectivity index (χ0n) is 18.6. The third-order valence-electron chi connectivity index (χ3n) is 5.34. The number of rotatable bonds is 9. The molecule has 0 atom stereocenters. The average Bonchev–Trinajstić information content (AvgIpc) is 3.18. The molecule has 10 heteroatoms. The average molecular weight is 457 g/mol. The number of Topliss-reactive ketones (excluding diaryl/α,β-unsaturated/α-hetero) is 1. The molecule has 0 unspecified atom stereocenters. The SMILES string of the molecule is COc1cc(Nc2nc(COCC3CC(F)(F)C3)cc(C(C)=O)n2)ccc1-n1cnc(C)c1. The lowest BCUT2D eigenvalue weighted by molar-refractivity contribution is -0.129. The Hall–Kier alpha value is -3.40. The number of ether oxygens (including phenoxy) is 2. The van der Waals surface area contributed by atoms with E-state index in [0.717, 1.165) is 11.4 Å². The van der Waals surface area contributed by atoms with Crippen LogP contribution >= 0.6 is 0 Å². The number of hydrogen-bond donors (Lipinski definition) is 1. The fourth-order valence-electron chi connectivity index (χ4n) is 3.69. The molecule has 1 saturated carbocycles. The van der Waals surface area contributed by atoms with Gasteiger partial charge in [0.25, 0.3) is 0 Å². The molecule has 1 fully saturated rings. The van der Waals surface area contributed by atoms with E-state index in [1.54, 1.807) is 25.6 Å². The number of anilines is 2. The Morgan fingerprint density at radius 2 is 2.06 bits per heavy atom. The van der Waals surface area contributed by atoms with Crippen LogP contribution in [0.5, 0.6) is 5.75 Å². The van der Waals surface area contributed by atoms with Crippen molar-refractivity contribution < 1.29 is 23.0 Å². The summed E-state index contributed by atoms with van der Waals surface area (Å²) in [5.74, 6) is -2.11. The van der Waals surface area contributed by atoms with Gasteiger partial charge in [-0.15, -0.1) is 0 Å². The van der Waals surface area contributed by atoms with Crippen molar-refractivity contribution in [3.05, 3.63) is 53.9 Å². The fourth-order valence-corrected chi connectivity index (χ4v) is 3.69. The molecule has 2 aromatic heterocycles. The first kappa shape index (κ1) is 22.8. The summed E-state index contributed by atoms with van der Waals surface area (Å²) in [5, 5.41) is 3.10.